The Labute approximate surface area is 201 Å². The Balaban J connectivity index is 1.60. The van der Waals surface area contributed by atoms with Crippen molar-refractivity contribution in [3.8, 4) is 5.75 Å². The standard InChI is InChI=1S/C27H33N3O4/c1-3-16-28-27(33)25(29-26(32)22-10-7-11-23(19-22)34-2)21-14-17-30(18-15-21)24(31)13-12-20-8-5-4-6-9-20/h3-11,19,21,25H,1,12-18H2,2H3,(H,28,33)(H,29,32). The molecule has 1 unspecified atom stereocenters. The average molecular weight is 464 g/mol. The van der Waals surface area contributed by atoms with Gasteiger partial charge in [0.25, 0.3) is 5.91 Å². The number of hydrogen-bond acceptors (Lipinski definition) is 4. The van der Waals surface area contributed by atoms with Gasteiger partial charge in [-0.05, 0) is 48.9 Å². The highest BCUT2D eigenvalue weighted by Gasteiger charge is 2.33. The molecule has 0 radical (unpaired) electrons. The van der Waals surface area contributed by atoms with E-state index in [1.165, 1.54) is 7.11 Å². The Morgan fingerprint density at radius 2 is 1.85 bits per heavy atom. The maximum Gasteiger partial charge on any atom is 0.252 e. The average Bonchev–Trinajstić information content (AvgIpc) is 2.89. The first-order valence-electron chi connectivity index (χ1n) is 11.7. The van der Waals surface area contributed by atoms with E-state index < -0.39 is 6.04 Å². The number of carbonyl (C=O) groups excluding carboxylic acids is 3. The first kappa shape index (κ1) is 25.0. The highest BCUT2D eigenvalue weighted by molar-refractivity contribution is 5.98. The molecule has 1 heterocycles. The third-order valence-electron chi connectivity index (χ3n) is 6.16. The minimum absolute atomic E-state index is 0.0717. The van der Waals surface area contributed by atoms with Crippen LogP contribution in [0.15, 0.2) is 67.3 Å². The van der Waals surface area contributed by atoms with E-state index in [0.717, 1.165) is 5.56 Å². The lowest BCUT2D eigenvalue weighted by Gasteiger charge is -2.36. The van der Waals surface area contributed by atoms with Crippen molar-refractivity contribution >= 4 is 17.7 Å². The molecule has 0 aliphatic carbocycles. The monoisotopic (exact) mass is 463 g/mol. The molecule has 7 heteroatoms. The second-order valence-electron chi connectivity index (χ2n) is 8.42. The molecular weight excluding hydrogens is 430 g/mol. The number of nitrogens with zero attached hydrogens (tertiary/aromatic N) is 1. The van der Waals surface area contributed by atoms with Gasteiger partial charge in [-0.2, -0.15) is 0 Å². The van der Waals surface area contributed by atoms with Crippen LogP contribution in [0, 0.1) is 5.92 Å². The van der Waals surface area contributed by atoms with Crippen LogP contribution in [0.1, 0.15) is 35.2 Å². The normalized spacial score (nSPS) is 14.7. The molecule has 0 spiro atoms. The zero-order valence-corrected chi connectivity index (χ0v) is 19.7. The lowest BCUT2D eigenvalue weighted by molar-refractivity contribution is -0.133. The van der Waals surface area contributed by atoms with Crippen molar-refractivity contribution in [3.05, 3.63) is 78.4 Å². The van der Waals surface area contributed by atoms with E-state index in [4.69, 9.17) is 4.74 Å². The molecule has 3 amide bonds. The molecule has 3 rings (SSSR count). The fourth-order valence-electron chi connectivity index (χ4n) is 4.21. The van der Waals surface area contributed by atoms with Gasteiger partial charge in [0.1, 0.15) is 11.8 Å². The summed E-state index contributed by atoms with van der Waals surface area (Å²) in [5.41, 5.74) is 1.57. The van der Waals surface area contributed by atoms with Gasteiger partial charge in [0, 0.05) is 31.6 Å². The van der Waals surface area contributed by atoms with Crippen molar-refractivity contribution in [2.75, 3.05) is 26.7 Å². The summed E-state index contributed by atoms with van der Waals surface area (Å²) in [6.07, 6.45) is 4.06. The van der Waals surface area contributed by atoms with Crippen molar-refractivity contribution < 1.29 is 19.1 Å². The maximum absolute atomic E-state index is 12.9. The third-order valence-corrected chi connectivity index (χ3v) is 6.16. The van der Waals surface area contributed by atoms with Gasteiger partial charge in [-0.1, -0.05) is 42.5 Å². The summed E-state index contributed by atoms with van der Waals surface area (Å²) in [5.74, 6) is 0.0413. The van der Waals surface area contributed by atoms with Crippen LogP contribution in [0.4, 0.5) is 0 Å². The third kappa shape index (κ3) is 6.94. The van der Waals surface area contributed by atoms with Gasteiger partial charge in [-0.15, -0.1) is 6.58 Å². The van der Waals surface area contributed by atoms with Gasteiger partial charge >= 0.3 is 0 Å². The van der Waals surface area contributed by atoms with Gasteiger partial charge in [0.05, 0.1) is 7.11 Å². The van der Waals surface area contributed by atoms with Gasteiger partial charge in [0.2, 0.25) is 11.8 Å². The van der Waals surface area contributed by atoms with Gasteiger partial charge in [-0.25, -0.2) is 0 Å². The van der Waals surface area contributed by atoms with E-state index in [1.807, 2.05) is 35.2 Å². The van der Waals surface area contributed by atoms with Crippen LogP contribution in [0.3, 0.4) is 0 Å². The SMILES string of the molecule is C=CCNC(=O)C(NC(=O)c1cccc(OC)c1)C1CCN(C(=O)CCc2ccccc2)CC1. The molecule has 2 aromatic carbocycles. The molecule has 0 saturated carbocycles. The first-order valence-corrected chi connectivity index (χ1v) is 11.7. The Kier molecular flexibility index (Phi) is 9.26. The van der Waals surface area contributed by atoms with Crippen molar-refractivity contribution in [2.45, 2.75) is 31.7 Å². The second-order valence-corrected chi connectivity index (χ2v) is 8.42. The number of likely N-dealkylation sites (tertiary alicyclic amines) is 1. The van der Waals surface area contributed by atoms with Gasteiger partial charge < -0.3 is 20.3 Å². The minimum atomic E-state index is -0.694. The molecule has 0 bridgehead atoms. The van der Waals surface area contributed by atoms with Crippen LogP contribution in [0.25, 0.3) is 0 Å². The number of ether oxygens (including phenoxy) is 1. The molecule has 0 aromatic heterocycles. The van der Waals surface area contributed by atoms with Crippen LogP contribution < -0.4 is 15.4 Å². The van der Waals surface area contributed by atoms with Crippen molar-refractivity contribution in [3.63, 3.8) is 0 Å². The number of amides is 3. The van der Waals surface area contributed by atoms with E-state index in [2.05, 4.69) is 17.2 Å². The van der Waals surface area contributed by atoms with Crippen LogP contribution in [0.5, 0.6) is 5.75 Å². The zero-order valence-electron chi connectivity index (χ0n) is 19.7. The molecule has 34 heavy (non-hydrogen) atoms. The van der Waals surface area contributed by atoms with E-state index in [0.29, 0.717) is 56.6 Å². The van der Waals surface area contributed by atoms with Crippen molar-refractivity contribution in [1.82, 2.24) is 15.5 Å². The number of rotatable bonds is 10. The molecule has 1 fully saturated rings. The van der Waals surface area contributed by atoms with Crippen LogP contribution in [-0.2, 0) is 16.0 Å². The first-order chi connectivity index (χ1) is 16.5. The van der Waals surface area contributed by atoms with E-state index in [1.54, 1.807) is 30.3 Å². The molecule has 1 saturated heterocycles. The summed E-state index contributed by atoms with van der Waals surface area (Å²) in [7, 11) is 1.54. The number of aryl methyl sites for hydroxylation is 1. The molecule has 2 aromatic rings. The van der Waals surface area contributed by atoms with Gasteiger partial charge in [-0.3, -0.25) is 14.4 Å². The summed E-state index contributed by atoms with van der Waals surface area (Å²) in [6, 6.07) is 16.1. The molecular formula is C27H33N3O4. The Hall–Kier alpha value is -3.61. The summed E-state index contributed by atoms with van der Waals surface area (Å²) in [4.78, 5) is 40.4. The molecule has 180 valence electrons. The van der Waals surface area contributed by atoms with Gasteiger partial charge in [0.15, 0.2) is 0 Å². The smallest absolute Gasteiger partial charge is 0.252 e. The summed E-state index contributed by atoms with van der Waals surface area (Å²) in [6.45, 7) is 5.10. The lowest BCUT2D eigenvalue weighted by Crippen LogP contribution is -2.53. The fraction of sp³-hybridized carbons (Fsp3) is 0.370. The predicted molar refractivity (Wildman–Crippen MR) is 132 cm³/mol. The lowest BCUT2D eigenvalue weighted by atomic mass is 9.88. The zero-order chi connectivity index (χ0) is 24.3. The van der Waals surface area contributed by atoms with Crippen molar-refractivity contribution in [2.24, 2.45) is 5.92 Å². The van der Waals surface area contributed by atoms with Crippen LogP contribution in [-0.4, -0.2) is 55.4 Å². The quantitative estimate of drug-likeness (QED) is 0.531. The molecule has 1 aliphatic heterocycles. The highest BCUT2D eigenvalue weighted by atomic mass is 16.5. The Bertz CT molecular complexity index is 984. The molecule has 2 N–H and O–H groups in total. The number of methoxy groups -OCH3 is 1. The van der Waals surface area contributed by atoms with E-state index in [9.17, 15) is 14.4 Å². The Morgan fingerprint density at radius 3 is 2.53 bits per heavy atom. The highest BCUT2D eigenvalue weighted by Crippen LogP contribution is 2.23. The largest absolute Gasteiger partial charge is 0.497 e. The van der Waals surface area contributed by atoms with Crippen LogP contribution in [0.2, 0.25) is 0 Å². The summed E-state index contributed by atoms with van der Waals surface area (Å²) < 4.78 is 5.20. The number of hydrogen-bond donors (Lipinski definition) is 2. The maximum atomic E-state index is 12.9. The number of carbonyl (C=O) groups is 3. The second kappa shape index (κ2) is 12.6. The Morgan fingerprint density at radius 1 is 1.12 bits per heavy atom. The van der Waals surface area contributed by atoms with Crippen molar-refractivity contribution in [1.29, 1.82) is 0 Å². The fourth-order valence-corrected chi connectivity index (χ4v) is 4.21. The minimum Gasteiger partial charge on any atom is -0.497 e. The number of benzene rings is 2. The van der Waals surface area contributed by atoms with Crippen LogP contribution >= 0.6 is 0 Å². The predicted octanol–water partition coefficient (Wildman–Crippen LogP) is 2.97. The molecule has 1 atom stereocenters. The van der Waals surface area contributed by atoms with E-state index >= 15 is 0 Å². The summed E-state index contributed by atoms with van der Waals surface area (Å²) in [5, 5.41) is 5.71. The van der Waals surface area contributed by atoms with E-state index in [-0.39, 0.29) is 23.6 Å². The molecule has 7 nitrogen and oxygen atoms in total. The number of nitrogens with one attached hydrogen (secondary N) is 2. The molecule has 1 aliphatic rings. The number of piperidine rings is 1. The summed E-state index contributed by atoms with van der Waals surface area (Å²) >= 11 is 0. The topological polar surface area (TPSA) is 87.7 Å².